The quantitative estimate of drug-likeness (QED) is 0.562. The number of Topliss-reactive ketones (excluding diaryl/α,β-unsaturated/α-hetero) is 1. The zero-order valence-corrected chi connectivity index (χ0v) is 19.5. The number of carbonyl (C=O) groups is 3. The van der Waals surface area contributed by atoms with Crippen LogP contribution in [0.15, 0.2) is 36.7 Å². The number of aromatic nitrogens is 3. The predicted octanol–water partition coefficient (Wildman–Crippen LogP) is 3.26. The van der Waals surface area contributed by atoms with Crippen LogP contribution in [0.25, 0.3) is 11.0 Å². The number of hydrogen-bond donors (Lipinski definition) is 1. The van der Waals surface area contributed by atoms with Gasteiger partial charge in [0.1, 0.15) is 0 Å². The number of rotatable bonds is 5. The molecule has 3 aromatic rings. The van der Waals surface area contributed by atoms with Gasteiger partial charge in [0, 0.05) is 42.3 Å². The zero-order valence-electron chi connectivity index (χ0n) is 19.5. The van der Waals surface area contributed by atoms with Gasteiger partial charge in [-0.3, -0.25) is 19.5 Å². The summed E-state index contributed by atoms with van der Waals surface area (Å²) in [5.41, 5.74) is 0.882. The first kappa shape index (κ1) is 24.4. The molecule has 2 aliphatic heterocycles. The standard InChI is InChI=1S/C25H21F3N6O3/c26-25(27,28)5-4-18(35)14-34-19-3-1-2-15(11-29)20(19)24(23(34)37)6-8-33(9-7-24)22(36)17-10-16-13-31-32-21(16)30-12-17/h1-3,10,12-13H,4-9,14H2,(H,30,31,32). The zero-order chi connectivity index (χ0) is 26.4. The second-order valence-electron chi connectivity index (χ2n) is 9.26. The molecule has 4 heterocycles. The fourth-order valence-electron chi connectivity index (χ4n) is 5.22. The van der Waals surface area contributed by atoms with Crippen LogP contribution in [-0.2, 0) is 15.0 Å². The lowest BCUT2D eigenvalue weighted by Crippen LogP contribution is -2.51. The number of nitrogens with one attached hydrogen (secondary N) is 1. The molecule has 0 aliphatic carbocycles. The van der Waals surface area contributed by atoms with Gasteiger partial charge in [0.25, 0.3) is 5.91 Å². The summed E-state index contributed by atoms with van der Waals surface area (Å²) < 4.78 is 37.8. The van der Waals surface area contributed by atoms with E-state index in [2.05, 4.69) is 21.3 Å². The van der Waals surface area contributed by atoms with Crippen LogP contribution in [0.5, 0.6) is 0 Å². The lowest BCUT2D eigenvalue weighted by atomic mass is 9.72. The van der Waals surface area contributed by atoms with Crippen molar-refractivity contribution in [2.24, 2.45) is 0 Å². The van der Waals surface area contributed by atoms with E-state index in [0.29, 0.717) is 27.8 Å². The molecule has 2 aliphatic rings. The molecule has 0 radical (unpaired) electrons. The molecular formula is C25H21F3N6O3. The van der Waals surface area contributed by atoms with E-state index < -0.39 is 42.7 Å². The SMILES string of the molecule is N#Cc1cccc2c1C1(CCN(C(=O)c3cnc4[nH]ncc4c3)CC1)C(=O)N2CC(=O)CCC(F)(F)F. The number of alkyl halides is 3. The summed E-state index contributed by atoms with van der Waals surface area (Å²) in [6, 6.07) is 8.53. The summed E-state index contributed by atoms with van der Waals surface area (Å²) in [5.74, 6) is -1.41. The topological polar surface area (TPSA) is 123 Å². The molecule has 1 N–H and O–H groups in total. The molecule has 1 saturated heterocycles. The van der Waals surface area contributed by atoms with Crippen molar-refractivity contribution in [2.75, 3.05) is 24.5 Å². The van der Waals surface area contributed by atoms with Gasteiger partial charge in [-0.1, -0.05) is 6.07 Å². The van der Waals surface area contributed by atoms with Crippen LogP contribution in [0, 0.1) is 11.3 Å². The van der Waals surface area contributed by atoms with E-state index in [1.165, 1.54) is 11.1 Å². The van der Waals surface area contributed by atoms with Crippen molar-refractivity contribution in [1.29, 1.82) is 5.26 Å². The fraction of sp³-hybridized carbons (Fsp3) is 0.360. The smallest absolute Gasteiger partial charge is 0.339 e. The average molecular weight is 510 g/mol. The summed E-state index contributed by atoms with van der Waals surface area (Å²) in [7, 11) is 0. The van der Waals surface area contributed by atoms with Crippen LogP contribution in [-0.4, -0.2) is 63.5 Å². The Morgan fingerprint density at radius 3 is 2.65 bits per heavy atom. The van der Waals surface area contributed by atoms with Gasteiger partial charge in [-0.05, 0) is 31.0 Å². The van der Waals surface area contributed by atoms with Crippen LogP contribution in [0.2, 0.25) is 0 Å². The number of hydrogen-bond acceptors (Lipinski definition) is 6. The van der Waals surface area contributed by atoms with E-state index in [9.17, 15) is 32.8 Å². The lowest BCUT2D eigenvalue weighted by Gasteiger charge is -2.38. The Balaban J connectivity index is 1.39. The van der Waals surface area contributed by atoms with Crippen molar-refractivity contribution in [3.63, 3.8) is 0 Å². The number of fused-ring (bicyclic) bond motifs is 3. The largest absolute Gasteiger partial charge is 0.389 e. The number of anilines is 1. The van der Waals surface area contributed by atoms with Crippen LogP contribution < -0.4 is 4.90 Å². The number of H-pyrrole nitrogens is 1. The maximum atomic E-state index is 13.7. The Morgan fingerprint density at radius 1 is 1.19 bits per heavy atom. The Bertz CT molecular complexity index is 1450. The maximum absolute atomic E-state index is 13.7. The normalized spacial score (nSPS) is 16.8. The van der Waals surface area contributed by atoms with Gasteiger partial charge >= 0.3 is 6.18 Å². The summed E-state index contributed by atoms with van der Waals surface area (Å²) in [6.07, 6.45) is -3.05. The minimum absolute atomic E-state index is 0.206. The molecular weight excluding hydrogens is 489 g/mol. The van der Waals surface area contributed by atoms with Gasteiger partial charge in [0.05, 0.1) is 41.8 Å². The first-order valence-electron chi connectivity index (χ1n) is 11.7. The molecule has 190 valence electrons. The Kier molecular flexibility index (Phi) is 5.94. The van der Waals surface area contributed by atoms with Crippen LogP contribution in [0.3, 0.4) is 0 Å². The highest BCUT2D eigenvalue weighted by molar-refractivity contribution is 6.11. The van der Waals surface area contributed by atoms with Crippen molar-refractivity contribution >= 4 is 34.3 Å². The number of benzene rings is 1. The number of halogens is 3. The van der Waals surface area contributed by atoms with E-state index in [-0.39, 0.29) is 37.4 Å². The second kappa shape index (κ2) is 8.99. The molecule has 1 fully saturated rings. The molecule has 0 bridgehead atoms. The van der Waals surface area contributed by atoms with Gasteiger partial charge in [-0.25, -0.2) is 4.98 Å². The highest BCUT2D eigenvalue weighted by Crippen LogP contribution is 2.49. The van der Waals surface area contributed by atoms with Gasteiger partial charge < -0.3 is 9.80 Å². The van der Waals surface area contributed by atoms with Crippen molar-refractivity contribution in [3.8, 4) is 6.07 Å². The molecule has 1 spiro atoms. The van der Waals surface area contributed by atoms with E-state index in [1.54, 1.807) is 35.4 Å². The summed E-state index contributed by atoms with van der Waals surface area (Å²) >= 11 is 0. The third-order valence-electron chi connectivity index (χ3n) is 7.05. The average Bonchev–Trinajstić information content (AvgIpc) is 3.44. The Labute approximate surface area is 208 Å². The number of piperidine rings is 1. The summed E-state index contributed by atoms with van der Waals surface area (Å²) in [4.78, 5) is 46.2. The highest BCUT2D eigenvalue weighted by atomic mass is 19.4. The molecule has 2 amide bonds. The summed E-state index contributed by atoms with van der Waals surface area (Å²) in [6.45, 7) is -0.0797. The second-order valence-corrected chi connectivity index (χ2v) is 9.26. The number of aromatic amines is 1. The Hall–Kier alpha value is -4.27. The van der Waals surface area contributed by atoms with E-state index in [1.807, 2.05) is 0 Å². The molecule has 37 heavy (non-hydrogen) atoms. The van der Waals surface area contributed by atoms with Crippen molar-refractivity contribution < 1.29 is 27.6 Å². The number of likely N-dealkylation sites (tertiary alicyclic amines) is 1. The minimum atomic E-state index is -4.48. The third kappa shape index (κ3) is 4.30. The number of ketones is 1. The van der Waals surface area contributed by atoms with Gasteiger partial charge in [-0.15, -0.1) is 0 Å². The summed E-state index contributed by atoms with van der Waals surface area (Å²) in [5, 5.41) is 17.1. The maximum Gasteiger partial charge on any atom is 0.389 e. The molecule has 12 heteroatoms. The number of carbonyl (C=O) groups excluding carboxylic acids is 3. The van der Waals surface area contributed by atoms with E-state index >= 15 is 0 Å². The van der Waals surface area contributed by atoms with Crippen molar-refractivity contribution in [2.45, 2.75) is 37.3 Å². The van der Waals surface area contributed by atoms with Crippen LogP contribution in [0.4, 0.5) is 18.9 Å². The Morgan fingerprint density at radius 2 is 1.95 bits per heavy atom. The monoisotopic (exact) mass is 510 g/mol. The number of nitriles is 1. The van der Waals surface area contributed by atoms with E-state index in [4.69, 9.17) is 0 Å². The molecule has 0 atom stereocenters. The van der Waals surface area contributed by atoms with Crippen LogP contribution in [0.1, 0.15) is 47.2 Å². The molecule has 9 nitrogen and oxygen atoms in total. The van der Waals surface area contributed by atoms with Gasteiger partial charge in [0.15, 0.2) is 11.4 Å². The van der Waals surface area contributed by atoms with Gasteiger partial charge in [0.2, 0.25) is 5.91 Å². The third-order valence-corrected chi connectivity index (χ3v) is 7.05. The molecule has 0 unspecified atom stereocenters. The lowest BCUT2D eigenvalue weighted by molar-refractivity contribution is -0.142. The molecule has 2 aromatic heterocycles. The highest BCUT2D eigenvalue weighted by Gasteiger charge is 2.54. The van der Waals surface area contributed by atoms with Crippen LogP contribution >= 0.6 is 0 Å². The molecule has 1 aromatic carbocycles. The number of amides is 2. The molecule has 0 saturated carbocycles. The first-order valence-corrected chi connectivity index (χ1v) is 11.7. The number of pyridine rings is 1. The predicted molar refractivity (Wildman–Crippen MR) is 125 cm³/mol. The number of nitrogens with zero attached hydrogens (tertiary/aromatic N) is 5. The minimum Gasteiger partial charge on any atom is -0.339 e. The van der Waals surface area contributed by atoms with E-state index in [0.717, 1.165) is 0 Å². The fourth-order valence-corrected chi connectivity index (χ4v) is 5.22. The molecule has 5 rings (SSSR count). The van der Waals surface area contributed by atoms with Gasteiger partial charge in [-0.2, -0.15) is 23.5 Å². The van der Waals surface area contributed by atoms with Crippen molar-refractivity contribution in [1.82, 2.24) is 20.1 Å². The first-order chi connectivity index (χ1) is 17.6. The van der Waals surface area contributed by atoms with Crippen molar-refractivity contribution in [3.05, 3.63) is 53.3 Å².